The summed E-state index contributed by atoms with van der Waals surface area (Å²) in [6.07, 6.45) is 9.66. The lowest BCUT2D eigenvalue weighted by molar-refractivity contribution is -0.151. The summed E-state index contributed by atoms with van der Waals surface area (Å²) >= 11 is 0. The van der Waals surface area contributed by atoms with E-state index < -0.39 is 11.4 Å². The van der Waals surface area contributed by atoms with Gasteiger partial charge in [-0.3, -0.25) is 4.79 Å². The van der Waals surface area contributed by atoms with Crippen molar-refractivity contribution in [2.24, 2.45) is 5.41 Å². The molecule has 0 aliphatic carbocycles. The molecule has 172 valence electrons. The van der Waals surface area contributed by atoms with Crippen LogP contribution in [0.3, 0.4) is 0 Å². The number of carboxylic acids is 1. The minimum atomic E-state index is -1.07. The fourth-order valence-corrected chi connectivity index (χ4v) is 4.04. The van der Waals surface area contributed by atoms with Crippen LogP contribution in [-0.2, 0) is 20.7 Å². The molecule has 0 spiro atoms. The third kappa shape index (κ3) is 6.69. The molecule has 1 aliphatic heterocycles. The standard InChI is InChI=1S/C28H30O5/c1-3-4-20-5-7-21(8-6-20)9-12-23(17-22-10-13-24(29)14-11-22)25(18-26(30)31)28(2)15-16-33-27(32)19-28/h5-14,17-18,29H,3-4,15-16,19H2,1-2H3,(H,30,31). The van der Waals surface area contributed by atoms with Crippen molar-refractivity contribution in [1.29, 1.82) is 0 Å². The normalized spacial score (nSPS) is 19.5. The molecule has 2 N–H and O–H groups in total. The summed E-state index contributed by atoms with van der Waals surface area (Å²) in [6.45, 7) is 4.30. The van der Waals surface area contributed by atoms with E-state index in [0.29, 0.717) is 17.6 Å². The zero-order valence-electron chi connectivity index (χ0n) is 19.1. The largest absolute Gasteiger partial charge is 0.508 e. The van der Waals surface area contributed by atoms with Crippen LogP contribution in [0.5, 0.6) is 5.75 Å². The van der Waals surface area contributed by atoms with Gasteiger partial charge in [-0.05, 0) is 58.9 Å². The first-order chi connectivity index (χ1) is 15.8. The van der Waals surface area contributed by atoms with Crippen molar-refractivity contribution in [3.05, 3.63) is 88.5 Å². The molecular formula is C28H30O5. The topological polar surface area (TPSA) is 83.8 Å². The van der Waals surface area contributed by atoms with Crippen LogP contribution in [0.1, 0.15) is 49.8 Å². The van der Waals surface area contributed by atoms with Gasteiger partial charge in [-0.15, -0.1) is 0 Å². The van der Waals surface area contributed by atoms with E-state index in [2.05, 4.69) is 19.1 Å². The van der Waals surface area contributed by atoms with Crippen molar-refractivity contribution in [1.82, 2.24) is 0 Å². The highest BCUT2D eigenvalue weighted by atomic mass is 16.5. The minimum absolute atomic E-state index is 0.110. The minimum Gasteiger partial charge on any atom is -0.508 e. The maximum Gasteiger partial charge on any atom is 0.328 e. The van der Waals surface area contributed by atoms with E-state index in [9.17, 15) is 19.8 Å². The molecule has 1 heterocycles. The van der Waals surface area contributed by atoms with Gasteiger partial charge in [-0.25, -0.2) is 4.79 Å². The Balaban J connectivity index is 2.06. The van der Waals surface area contributed by atoms with Crippen LogP contribution < -0.4 is 0 Å². The average Bonchev–Trinajstić information content (AvgIpc) is 2.77. The van der Waals surface area contributed by atoms with Crippen LogP contribution in [0.25, 0.3) is 12.2 Å². The molecule has 0 saturated carbocycles. The summed E-state index contributed by atoms with van der Waals surface area (Å²) in [4.78, 5) is 23.9. The van der Waals surface area contributed by atoms with E-state index in [1.54, 1.807) is 24.3 Å². The van der Waals surface area contributed by atoms with Crippen molar-refractivity contribution in [3.8, 4) is 5.75 Å². The summed E-state index contributed by atoms with van der Waals surface area (Å²) < 4.78 is 5.12. The molecule has 1 saturated heterocycles. The van der Waals surface area contributed by atoms with E-state index in [4.69, 9.17) is 4.74 Å². The first kappa shape index (κ1) is 24.1. The number of cyclic esters (lactones) is 1. The molecule has 1 fully saturated rings. The Morgan fingerprint density at radius 3 is 2.36 bits per heavy atom. The highest BCUT2D eigenvalue weighted by Gasteiger charge is 2.37. The van der Waals surface area contributed by atoms with Gasteiger partial charge in [0.25, 0.3) is 0 Å². The molecular weight excluding hydrogens is 416 g/mol. The van der Waals surface area contributed by atoms with Crippen LogP contribution in [0, 0.1) is 5.41 Å². The molecule has 0 bridgehead atoms. The smallest absolute Gasteiger partial charge is 0.328 e. The Kier molecular flexibility index (Phi) is 7.88. The predicted octanol–water partition coefficient (Wildman–Crippen LogP) is 5.80. The van der Waals surface area contributed by atoms with Gasteiger partial charge >= 0.3 is 11.9 Å². The maximum atomic E-state index is 12.1. The summed E-state index contributed by atoms with van der Waals surface area (Å²) in [5.41, 5.74) is 3.66. The second kappa shape index (κ2) is 10.8. The van der Waals surface area contributed by atoms with Gasteiger partial charge in [0.05, 0.1) is 13.0 Å². The van der Waals surface area contributed by atoms with Gasteiger partial charge < -0.3 is 14.9 Å². The second-order valence-electron chi connectivity index (χ2n) is 8.62. The van der Waals surface area contributed by atoms with Gasteiger partial charge in [0.2, 0.25) is 0 Å². The Hall–Kier alpha value is -3.60. The quantitative estimate of drug-likeness (QED) is 0.304. The molecule has 5 nitrogen and oxygen atoms in total. The maximum absolute atomic E-state index is 12.1. The molecule has 3 rings (SSSR count). The van der Waals surface area contributed by atoms with Gasteiger partial charge in [0, 0.05) is 11.5 Å². The van der Waals surface area contributed by atoms with Crippen LogP contribution >= 0.6 is 0 Å². The highest BCUT2D eigenvalue weighted by molar-refractivity contribution is 5.85. The molecule has 0 radical (unpaired) electrons. The van der Waals surface area contributed by atoms with E-state index in [1.165, 1.54) is 11.6 Å². The molecule has 0 amide bonds. The molecule has 0 aromatic heterocycles. The molecule has 1 aliphatic rings. The third-order valence-electron chi connectivity index (χ3n) is 5.87. The number of phenols is 1. The first-order valence-corrected chi connectivity index (χ1v) is 11.2. The number of hydrogen-bond acceptors (Lipinski definition) is 4. The summed E-state index contributed by atoms with van der Waals surface area (Å²) in [7, 11) is 0. The number of ether oxygens (including phenoxy) is 1. The van der Waals surface area contributed by atoms with Crippen molar-refractivity contribution in [3.63, 3.8) is 0 Å². The summed E-state index contributed by atoms with van der Waals surface area (Å²) in [5.74, 6) is -1.25. The Morgan fingerprint density at radius 2 is 1.76 bits per heavy atom. The first-order valence-electron chi connectivity index (χ1n) is 11.2. The van der Waals surface area contributed by atoms with Crippen LogP contribution in [-0.4, -0.2) is 28.8 Å². The van der Waals surface area contributed by atoms with Crippen molar-refractivity contribution in [2.45, 2.75) is 39.5 Å². The van der Waals surface area contributed by atoms with E-state index in [1.807, 2.05) is 37.3 Å². The van der Waals surface area contributed by atoms with Gasteiger partial charge in [0.1, 0.15) is 5.75 Å². The third-order valence-corrected chi connectivity index (χ3v) is 5.87. The van der Waals surface area contributed by atoms with Crippen LogP contribution in [0.2, 0.25) is 0 Å². The number of aromatic hydroxyl groups is 1. The highest BCUT2D eigenvalue weighted by Crippen LogP contribution is 2.42. The van der Waals surface area contributed by atoms with Gasteiger partial charge in [-0.2, -0.15) is 0 Å². The number of carbonyl (C=O) groups is 2. The van der Waals surface area contributed by atoms with Crippen molar-refractivity contribution in [2.75, 3.05) is 6.61 Å². The number of phenolic OH excluding ortho intramolecular Hbond substituents is 1. The zero-order chi connectivity index (χ0) is 23.8. The van der Waals surface area contributed by atoms with E-state index in [-0.39, 0.29) is 24.7 Å². The van der Waals surface area contributed by atoms with Gasteiger partial charge in [0.15, 0.2) is 0 Å². The second-order valence-corrected chi connectivity index (χ2v) is 8.62. The lowest BCUT2D eigenvalue weighted by atomic mass is 9.72. The van der Waals surface area contributed by atoms with Crippen molar-refractivity contribution < 1.29 is 24.5 Å². The Labute approximate surface area is 194 Å². The monoisotopic (exact) mass is 446 g/mol. The van der Waals surface area contributed by atoms with E-state index >= 15 is 0 Å². The molecule has 2 aromatic rings. The van der Waals surface area contributed by atoms with Crippen LogP contribution in [0.15, 0.2) is 71.8 Å². The lowest BCUT2D eigenvalue weighted by Gasteiger charge is -2.35. The lowest BCUT2D eigenvalue weighted by Crippen LogP contribution is -2.32. The SMILES string of the molecule is CCCc1ccc(C=CC(=Cc2ccc(O)cc2)C(=CC(=O)O)C2(C)CCOC(=O)C2)cc1. The molecule has 33 heavy (non-hydrogen) atoms. The predicted molar refractivity (Wildman–Crippen MR) is 130 cm³/mol. The number of esters is 1. The number of aryl methyl sites for hydroxylation is 1. The number of hydrogen-bond donors (Lipinski definition) is 2. The number of carboxylic acid groups (broad SMARTS) is 1. The molecule has 5 heteroatoms. The average molecular weight is 447 g/mol. The van der Waals surface area contributed by atoms with Crippen LogP contribution in [0.4, 0.5) is 0 Å². The fourth-order valence-electron chi connectivity index (χ4n) is 4.04. The van der Waals surface area contributed by atoms with Gasteiger partial charge in [-0.1, -0.05) is 68.8 Å². The number of allylic oxidation sites excluding steroid dienone is 3. The fraction of sp³-hybridized carbons (Fsp3) is 0.286. The van der Waals surface area contributed by atoms with E-state index in [0.717, 1.165) is 24.0 Å². The Morgan fingerprint density at radius 1 is 1.09 bits per heavy atom. The number of rotatable bonds is 8. The summed E-state index contributed by atoms with van der Waals surface area (Å²) in [6, 6.07) is 15.0. The zero-order valence-corrected chi connectivity index (χ0v) is 19.1. The summed E-state index contributed by atoms with van der Waals surface area (Å²) in [5, 5.41) is 19.3. The number of carbonyl (C=O) groups excluding carboxylic acids is 1. The number of benzene rings is 2. The molecule has 2 aromatic carbocycles. The number of aliphatic carboxylic acids is 1. The van der Waals surface area contributed by atoms with Crippen molar-refractivity contribution >= 4 is 24.1 Å². The Bertz CT molecular complexity index is 1070. The molecule has 1 unspecified atom stereocenters. The molecule has 1 atom stereocenters.